The lowest BCUT2D eigenvalue weighted by molar-refractivity contribution is -0.161. The summed E-state index contributed by atoms with van der Waals surface area (Å²) in [7, 11) is -11.0. The number of nitrogen functional groups attached to an aromatic ring is 1. The molecule has 0 bridgehead atoms. The zero-order chi connectivity index (χ0) is 55.9. The van der Waals surface area contributed by atoms with Gasteiger partial charge >= 0.3 is 33.3 Å². The normalized spacial score (nSPS) is 20.4. The third kappa shape index (κ3) is 32.8. The number of allylic oxidation sites excluding steroid dienone is 15. The molecular formula is C54H83N3O17P2. The summed E-state index contributed by atoms with van der Waals surface area (Å²) in [6.45, 7) is 1.70. The summed E-state index contributed by atoms with van der Waals surface area (Å²) in [5.41, 5.74) is 4.56. The van der Waals surface area contributed by atoms with Crippen molar-refractivity contribution in [2.24, 2.45) is 0 Å². The minimum Gasteiger partial charge on any atom is -0.462 e. The molecule has 22 heteroatoms. The summed E-state index contributed by atoms with van der Waals surface area (Å²) in [5, 5.41) is 41.4. The van der Waals surface area contributed by atoms with Crippen LogP contribution in [0.3, 0.4) is 0 Å². The number of aliphatic hydroxyl groups is 4. The summed E-state index contributed by atoms with van der Waals surface area (Å²) < 4.78 is 56.6. The molecule has 20 nitrogen and oxygen atoms in total. The second kappa shape index (κ2) is 40.5. The highest BCUT2D eigenvalue weighted by molar-refractivity contribution is 7.61. The van der Waals surface area contributed by atoms with E-state index in [9.17, 15) is 53.7 Å². The number of unbranched alkanes of at least 4 members (excludes halogenated alkanes) is 6. The van der Waals surface area contributed by atoms with Crippen molar-refractivity contribution in [3.05, 3.63) is 132 Å². The number of phosphoric ester groups is 2. The molecule has 8 N–H and O–H groups in total. The maximum absolute atomic E-state index is 12.9. The Hall–Kier alpha value is -4.66. The van der Waals surface area contributed by atoms with Crippen LogP contribution in [-0.4, -0.2) is 108 Å². The van der Waals surface area contributed by atoms with E-state index in [0.29, 0.717) is 12.8 Å². The highest BCUT2D eigenvalue weighted by Crippen LogP contribution is 2.60. The van der Waals surface area contributed by atoms with Crippen molar-refractivity contribution in [1.29, 1.82) is 0 Å². The number of nitrogens with two attached hydrogens (primary N) is 1. The maximum atomic E-state index is 12.9. The third-order valence-electron chi connectivity index (χ3n) is 11.0. The van der Waals surface area contributed by atoms with Gasteiger partial charge in [0.25, 0.3) is 0 Å². The Labute approximate surface area is 447 Å². The van der Waals surface area contributed by atoms with E-state index in [0.717, 1.165) is 81.4 Å². The van der Waals surface area contributed by atoms with Crippen LogP contribution < -0.4 is 11.4 Å². The number of anilines is 1. The van der Waals surface area contributed by atoms with Gasteiger partial charge in [-0.05, 0) is 89.5 Å². The molecule has 1 fully saturated rings. The molecule has 1 aromatic rings. The Balaban J connectivity index is 1.88. The number of hydrogen-bond acceptors (Lipinski definition) is 17. The molecule has 0 aliphatic carbocycles. The lowest BCUT2D eigenvalue weighted by Crippen LogP contribution is -2.36. The van der Waals surface area contributed by atoms with E-state index >= 15 is 0 Å². The number of rotatable bonds is 41. The van der Waals surface area contributed by atoms with E-state index in [-0.39, 0.29) is 31.5 Å². The van der Waals surface area contributed by atoms with E-state index in [2.05, 4.69) is 90.0 Å². The third-order valence-corrected chi connectivity index (χ3v) is 13.6. The number of carbonyl (C=O) groups excluding carboxylic acids is 2. The van der Waals surface area contributed by atoms with Gasteiger partial charge in [-0.2, -0.15) is 9.29 Å². The average Bonchev–Trinajstić information content (AvgIpc) is 3.65. The molecule has 426 valence electrons. The van der Waals surface area contributed by atoms with Crippen LogP contribution in [0.2, 0.25) is 0 Å². The Bertz CT molecular complexity index is 2240. The van der Waals surface area contributed by atoms with Crippen molar-refractivity contribution in [3.63, 3.8) is 0 Å². The van der Waals surface area contributed by atoms with Crippen LogP contribution in [-0.2, 0) is 46.3 Å². The van der Waals surface area contributed by atoms with Crippen LogP contribution >= 0.6 is 15.6 Å². The largest absolute Gasteiger partial charge is 0.481 e. The molecule has 0 saturated carbocycles. The first kappa shape index (κ1) is 67.4. The number of esters is 2. The molecule has 0 radical (unpaired) electrons. The van der Waals surface area contributed by atoms with Crippen molar-refractivity contribution in [1.82, 2.24) is 9.55 Å². The van der Waals surface area contributed by atoms with Crippen LogP contribution in [0.1, 0.15) is 136 Å². The lowest BCUT2D eigenvalue weighted by atomic mass is 10.1. The van der Waals surface area contributed by atoms with Crippen molar-refractivity contribution in [3.8, 4) is 0 Å². The van der Waals surface area contributed by atoms with E-state index < -0.39 is 95.9 Å². The first-order chi connectivity index (χ1) is 36.5. The van der Waals surface area contributed by atoms with Crippen LogP contribution in [0.5, 0.6) is 0 Å². The van der Waals surface area contributed by atoms with Crippen molar-refractivity contribution in [2.45, 2.75) is 172 Å². The van der Waals surface area contributed by atoms with Gasteiger partial charge in [0.2, 0.25) is 0 Å². The van der Waals surface area contributed by atoms with E-state index in [1.807, 2.05) is 6.08 Å². The Morgan fingerprint density at radius 1 is 0.724 bits per heavy atom. The number of nitrogens with zero attached hydrogens (tertiary/aromatic N) is 2. The standard InChI is InChI=1S/C54H83N3O17P2/c1-3-5-7-9-11-12-13-14-15-16-17-18-19-20-21-22-23-25-31-37-49(60)69-41-46(72-50(61)38-32-36-45(59)35-30-27-26-29-34-44(58)33-28-24-10-8-6-4-2)42-70-75(65,66)74-76(67,68)71-43-47-51(62)52(63)53(73-47)57-40-39-48(55)56-54(57)64/h5,7,11-12,14-15,17-18,20-21,24,26-30,34-35,39-40,44-47,51-53,58-59,62-63H,3-4,6,8-10,13,16,19,22-23,25,31-33,36-38,41-43H2,1-2H3,(H,65,66)(H,67,68)(H2,55,56,64)/b7-5-,12-11-,15-14-,18-17-,21-20-,27-26+,28-24-,34-29+,35-30-/t44-,45-,46+,47+,51+,52+,53+/m0/s1. The molecule has 0 spiro atoms. The van der Waals surface area contributed by atoms with Gasteiger partial charge in [-0.1, -0.05) is 142 Å². The zero-order valence-corrected chi connectivity index (χ0v) is 45.8. The maximum Gasteiger partial charge on any atom is 0.481 e. The lowest BCUT2D eigenvalue weighted by Gasteiger charge is -2.21. The number of aliphatic hydroxyl groups excluding tert-OH is 4. The van der Waals surface area contributed by atoms with Crippen molar-refractivity contribution in [2.75, 3.05) is 25.6 Å². The van der Waals surface area contributed by atoms with Crippen LogP contribution in [0.15, 0.2) is 126 Å². The average molecular weight is 1110 g/mol. The second-order valence-corrected chi connectivity index (χ2v) is 20.7. The summed E-state index contributed by atoms with van der Waals surface area (Å²) in [4.78, 5) is 62.0. The van der Waals surface area contributed by atoms with Crippen LogP contribution in [0.25, 0.3) is 0 Å². The molecule has 1 aliphatic heterocycles. The van der Waals surface area contributed by atoms with Gasteiger partial charge in [-0.15, -0.1) is 0 Å². The first-order valence-corrected chi connectivity index (χ1v) is 29.1. The molecule has 1 aliphatic rings. The molecule has 0 amide bonds. The van der Waals surface area contributed by atoms with Crippen molar-refractivity contribution >= 4 is 33.4 Å². The predicted octanol–water partition coefficient (Wildman–Crippen LogP) is 8.94. The minimum absolute atomic E-state index is 0.0281. The van der Waals surface area contributed by atoms with Gasteiger partial charge in [-0.25, -0.2) is 13.9 Å². The number of ether oxygens (including phenoxy) is 3. The van der Waals surface area contributed by atoms with E-state index in [4.69, 9.17) is 29.0 Å². The number of carbonyl (C=O) groups is 2. The van der Waals surface area contributed by atoms with Gasteiger partial charge in [0.15, 0.2) is 12.3 Å². The second-order valence-electron chi connectivity index (χ2n) is 17.7. The van der Waals surface area contributed by atoms with Gasteiger partial charge in [0.1, 0.15) is 30.7 Å². The Kier molecular flexibility index (Phi) is 36.0. The molecular weight excluding hydrogens is 1020 g/mol. The zero-order valence-electron chi connectivity index (χ0n) is 44.0. The highest BCUT2D eigenvalue weighted by Gasteiger charge is 2.46. The van der Waals surface area contributed by atoms with Gasteiger partial charge in [-0.3, -0.25) is 23.2 Å². The molecule has 0 aromatic carbocycles. The predicted molar refractivity (Wildman–Crippen MR) is 291 cm³/mol. The topological polar surface area (TPSA) is 306 Å². The van der Waals surface area contributed by atoms with Crippen LogP contribution in [0, 0.1) is 0 Å². The molecule has 2 heterocycles. The molecule has 2 unspecified atom stereocenters. The van der Waals surface area contributed by atoms with Gasteiger partial charge in [0, 0.05) is 19.0 Å². The van der Waals surface area contributed by atoms with Gasteiger partial charge < -0.3 is 50.2 Å². The molecule has 1 aromatic heterocycles. The van der Waals surface area contributed by atoms with E-state index in [1.54, 1.807) is 30.4 Å². The van der Waals surface area contributed by atoms with Gasteiger partial charge in [0.05, 0.1) is 25.4 Å². The minimum atomic E-state index is -5.50. The Morgan fingerprint density at radius 3 is 1.93 bits per heavy atom. The highest BCUT2D eigenvalue weighted by atomic mass is 31.3. The molecule has 2 rings (SSSR count). The smallest absolute Gasteiger partial charge is 0.462 e. The number of aromatic nitrogens is 2. The van der Waals surface area contributed by atoms with Crippen molar-refractivity contribution < 1.29 is 76.5 Å². The monoisotopic (exact) mass is 1110 g/mol. The fourth-order valence-corrected chi connectivity index (χ4v) is 9.05. The quantitative estimate of drug-likeness (QED) is 0.0106. The SMILES string of the molecule is CC/C=C\C/C=C\C/C=C\C/C=C\C/C=C\CCCCCC(=O)OC[C@H](COP(=O)(O)OP(=O)(O)OC[C@H]1O[C@@H](n2ccc(N)nc2=O)[C@H](O)[C@@H]1O)OC(=O)CCC[C@@H](O)\C=C/C=C/C=C/[C@@H](O)C/C=C\CCCCC. The summed E-state index contributed by atoms with van der Waals surface area (Å²) in [6, 6.07) is 1.23. The number of phosphoric acid groups is 2. The van der Waals surface area contributed by atoms with E-state index in [1.165, 1.54) is 18.6 Å². The summed E-state index contributed by atoms with van der Waals surface area (Å²) in [6.07, 6.45) is 39.3. The van der Waals surface area contributed by atoms with Crippen LogP contribution in [0.4, 0.5) is 5.82 Å². The first-order valence-electron chi connectivity index (χ1n) is 26.1. The molecule has 1 saturated heterocycles. The number of hydrogen-bond donors (Lipinski definition) is 7. The fourth-order valence-electron chi connectivity index (χ4n) is 6.94. The Morgan fingerprint density at radius 2 is 1.30 bits per heavy atom. The molecule has 76 heavy (non-hydrogen) atoms. The summed E-state index contributed by atoms with van der Waals surface area (Å²) in [5.74, 6) is -1.61. The fraction of sp³-hybridized carbons (Fsp3) is 0.556. The molecule has 9 atom stereocenters. The summed E-state index contributed by atoms with van der Waals surface area (Å²) >= 11 is 0.